The van der Waals surface area contributed by atoms with Crippen LogP contribution in [0.4, 0.5) is 5.69 Å². The Balaban J connectivity index is 1.55. The number of amides is 1. The van der Waals surface area contributed by atoms with Crippen LogP contribution >= 0.6 is 0 Å². The molecule has 0 aliphatic heterocycles. The molecule has 1 amide bonds. The standard InChI is InChI=1S/C19H20N2O4S/c22-19(20-23)18-16(12-4-2-1-3-5-12)17(18)13-6-8-14(9-7-13)21-26(24,25)15-10-11-15/h1-9,15-18,21,23H,10-11H2,(H,20,22)/t16-,17-,18-/m1/s1. The molecule has 0 spiro atoms. The maximum atomic E-state index is 12.0. The summed E-state index contributed by atoms with van der Waals surface area (Å²) >= 11 is 0. The zero-order valence-corrected chi connectivity index (χ0v) is 14.8. The smallest absolute Gasteiger partial charge is 0.247 e. The van der Waals surface area contributed by atoms with E-state index in [1.807, 2.05) is 42.5 Å². The van der Waals surface area contributed by atoms with E-state index in [0.29, 0.717) is 18.5 Å². The van der Waals surface area contributed by atoms with Crippen molar-refractivity contribution in [2.24, 2.45) is 5.92 Å². The Morgan fingerprint density at radius 3 is 2.04 bits per heavy atom. The summed E-state index contributed by atoms with van der Waals surface area (Å²) in [7, 11) is -3.29. The van der Waals surface area contributed by atoms with E-state index < -0.39 is 15.9 Å². The molecule has 0 heterocycles. The third-order valence-electron chi connectivity index (χ3n) is 5.14. The van der Waals surface area contributed by atoms with Crippen molar-refractivity contribution in [3.8, 4) is 0 Å². The second kappa shape index (κ2) is 6.41. The minimum Gasteiger partial charge on any atom is -0.289 e. The van der Waals surface area contributed by atoms with Gasteiger partial charge in [0.05, 0.1) is 11.2 Å². The van der Waals surface area contributed by atoms with Crippen LogP contribution in [-0.4, -0.2) is 24.8 Å². The molecule has 0 unspecified atom stereocenters. The van der Waals surface area contributed by atoms with Gasteiger partial charge in [-0.1, -0.05) is 42.5 Å². The minimum atomic E-state index is -3.29. The molecular weight excluding hydrogens is 352 g/mol. The fourth-order valence-electron chi connectivity index (χ4n) is 3.62. The van der Waals surface area contributed by atoms with E-state index in [0.717, 1.165) is 11.1 Å². The van der Waals surface area contributed by atoms with Gasteiger partial charge in [-0.05, 0) is 36.1 Å². The summed E-state index contributed by atoms with van der Waals surface area (Å²) in [4.78, 5) is 12.0. The normalized spacial score (nSPS) is 24.7. The number of benzene rings is 2. The van der Waals surface area contributed by atoms with Gasteiger partial charge in [0.15, 0.2) is 0 Å². The highest BCUT2D eigenvalue weighted by molar-refractivity contribution is 7.93. The van der Waals surface area contributed by atoms with Crippen molar-refractivity contribution in [1.82, 2.24) is 5.48 Å². The third-order valence-corrected chi connectivity index (χ3v) is 7.01. The van der Waals surface area contributed by atoms with Gasteiger partial charge in [-0.15, -0.1) is 0 Å². The van der Waals surface area contributed by atoms with Crippen molar-refractivity contribution < 1.29 is 18.4 Å². The van der Waals surface area contributed by atoms with Gasteiger partial charge in [-0.25, -0.2) is 13.9 Å². The Kier molecular flexibility index (Phi) is 4.20. The molecule has 136 valence electrons. The topological polar surface area (TPSA) is 95.5 Å². The van der Waals surface area contributed by atoms with E-state index >= 15 is 0 Å². The van der Waals surface area contributed by atoms with Crippen LogP contribution in [0.1, 0.15) is 35.8 Å². The monoisotopic (exact) mass is 372 g/mol. The lowest BCUT2D eigenvalue weighted by atomic mass is 10.0. The third kappa shape index (κ3) is 3.20. The van der Waals surface area contributed by atoms with Crippen LogP contribution < -0.4 is 10.2 Å². The highest BCUT2D eigenvalue weighted by Gasteiger charge is 2.56. The summed E-state index contributed by atoms with van der Waals surface area (Å²) in [5.74, 6) is -0.783. The van der Waals surface area contributed by atoms with Crippen LogP contribution in [0, 0.1) is 5.92 Å². The van der Waals surface area contributed by atoms with Crippen LogP contribution in [0.3, 0.4) is 0 Å². The van der Waals surface area contributed by atoms with E-state index in [1.165, 1.54) is 0 Å². The Labute approximate surface area is 152 Å². The minimum absolute atomic E-state index is 0.00245. The summed E-state index contributed by atoms with van der Waals surface area (Å²) in [6.07, 6.45) is 1.43. The average molecular weight is 372 g/mol. The van der Waals surface area contributed by atoms with Crippen molar-refractivity contribution in [1.29, 1.82) is 0 Å². The fourth-order valence-corrected chi connectivity index (χ4v) is 5.00. The Bertz CT molecular complexity index is 908. The summed E-state index contributed by atoms with van der Waals surface area (Å²) < 4.78 is 26.6. The molecule has 2 aliphatic rings. The molecule has 0 radical (unpaired) electrons. The molecule has 2 aliphatic carbocycles. The van der Waals surface area contributed by atoms with Gasteiger partial charge in [0, 0.05) is 17.5 Å². The quantitative estimate of drug-likeness (QED) is 0.536. The van der Waals surface area contributed by atoms with Gasteiger partial charge in [0.2, 0.25) is 15.9 Å². The largest absolute Gasteiger partial charge is 0.289 e. The van der Waals surface area contributed by atoms with Gasteiger partial charge in [0.1, 0.15) is 0 Å². The van der Waals surface area contributed by atoms with Crippen LogP contribution in [0.2, 0.25) is 0 Å². The molecule has 3 atom stereocenters. The number of hydrogen-bond donors (Lipinski definition) is 3. The molecule has 2 aromatic carbocycles. The number of carbonyl (C=O) groups is 1. The first-order chi connectivity index (χ1) is 12.5. The molecule has 2 fully saturated rings. The van der Waals surface area contributed by atoms with Gasteiger partial charge in [0.25, 0.3) is 0 Å². The van der Waals surface area contributed by atoms with Crippen LogP contribution in [-0.2, 0) is 14.8 Å². The first kappa shape index (κ1) is 17.1. The second-order valence-electron chi connectivity index (χ2n) is 6.93. The lowest BCUT2D eigenvalue weighted by Gasteiger charge is -2.08. The summed E-state index contributed by atoms with van der Waals surface area (Å²) in [5.41, 5.74) is 4.28. The van der Waals surface area contributed by atoms with Crippen LogP contribution in [0.25, 0.3) is 0 Å². The first-order valence-corrected chi connectivity index (χ1v) is 10.2. The predicted molar refractivity (Wildman–Crippen MR) is 97.3 cm³/mol. The molecule has 4 rings (SSSR count). The SMILES string of the molecule is O=C(NO)[C@@H]1[C@H](c2ccccc2)[C@H]1c1ccc(NS(=O)(=O)C2CC2)cc1. The Hall–Kier alpha value is -2.38. The zero-order valence-electron chi connectivity index (χ0n) is 14.0. The molecule has 0 bridgehead atoms. The molecule has 0 saturated heterocycles. The van der Waals surface area contributed by atoms with Crippen molar-refractivity contribution >= 4 is 21.6 Å². The van der Waals surface area contributed by atoms with Crippen molar-refractivity contribution in [2.45, 2.75) is 29.9 Å². The number of rotatable bonds is 6. The van der Waals surface area contributed by atoms with E-state index in [2.05, 4.69) is 4.72 Å². The van der Waals surface area contributed by atoms with Gasteiger partial charge < -0.3 is 0 Å². The van der Waals surface area contributed by atoms with Crippen molar-refractivity contribution in [3.05, 3.63) is 65.7 Å². The van der Waals surface area contributed by atoms with Gasteiger partial charge >= 0.3 is 0 Å². The first-order valence-electron chi connectivity index (χ1n) is 8.62. The molecular formula is C19H20N2O4S. The Morgan fingerprint density at radius 2 is 1.50 bits per heavy atom. The van der Waals surface area contributed by atoms with Crippen LogP contribution in [0.5, 0.6) is 0 Å². The molecule has 2 aromatic rings. The number of sulfonamides is 1. The molecule has 3 N–H and O–H groups in total. The summed E-state index contributed by atoms with van der Waals surface area (Å²) in [6, 6.07) is 16.9. The van der Waals surface area contributed by atoms with Crippen molar-refractivity contribution in [3.63, 3.8) is 0 Å². The molecule has 0 aromatic heterocycles. The number of hydroxylamine groups is 1. The maximum absolute atomic E-state index is 12.0. The molecule has 6 nitrogen and oxygen atoms in total. The predicted octanol–water partition coefficient (Wildman–Crippen LogP) is 2.59. The van der Waals surface area contributed by atoms with Gasteiger partial charge in [-0.2, -0.15) is 0 Å². The zero-order chi connectivity index (χ0) is 18.3. The number of nitrogens with one attached hydrogen (secondary N) is 2. The molecule has 26 heavy (non-hydrogen) atoms. The highest BCUT2D eigenvalue weighted by atomic mass is 32.2. The molecule has 2 saturated carbocycles. The molecule has 7 heteroatoms. The number of carbonyl (C=O) groups excluding carboxylic acids is 1. The Morgan fingerprint density at radius 1 is 0.923 bits per heavy atom. The lowest BCUT2D eigenvalue weighted by Crippen LogP contribution is -2.21. The van der Waals surface area contributed by atoms with Crippen molar-refractivity contribution in [2.75, 3.05) is 4.72 Å². The maximum Gasteiger partial charge on any atom is 0.247 e. The summed E-state index contributed by atoms with van der Waals surface area (Å²) in [5, 5.41) is 8.76. The van der Waals surface area contributed by atoms with Gasteiger partial charge in [-0.3, -0.25) is 14.7 Å². The van der Waals surface area contributed by atoms with E-state index in [9.17, 15) is 13.2 Å². The highest BCUT2D eigenvalue weighted by Crippen LogP contribution is 2.60. The number of anilines is 1. The summed E-state index contributed by atoms with van der Waals surface area (Å²) in [6.45, 7) is 0. The van der Waals surface area contributed by atoms with E-state index in [4.69, 9.17) is 5.21 Å². The van der Waals surface area contributed by atoms with E-state index in [-0.39, 0.29) is 23.0 Å². The fraction of sp³-hybridized carbons (Fsp3) is 0.316. The van der Waals surface area contributed by atoms with E-state index in [1.54, 1.807) is 17.6 Å². The average Bonchev–Trinajstić information content (AvgIpc) is 3.55. The van der Waals surface area contributed by atoms with Crippen LogP contribution in [0.15, 0.2) is 54.6 Å². The lowest BCUT2D eigenvalue weighted by molar-refractivity contribution is -0.130. The number of hydrogen-bond acceptors (Lipinski definition) is 4. The second-order valence-corrected chi connectivity index (χ2v) is 8.89.